The Labute approximate surface area is 132 Å². The first kappa shape index (κ1) is 13.0. The number of rotatable bonds is 2. The minimum absolute atomic E-state index is 0.280. The van der Waals surface area contributed by atoms with Gasteiger partial charge in [0.15, 0.2) is 0 Å². The number of aromatic nitrogens is 1. The first-order chi connectivity index (χ1) is 10.9. The quantitative estimate of drug-likeness (QED) is 0.516. The van der Waals surface area contributed by atoms with E-state index in [4.69, 9.17) is 0 Å². The summed E-state index contributed by atoms with van der Waals surface area (Å²) in [4.78, 5) is 4.55. The number of pyridine rings is 1. The summed E-state index contributed by atoms with van der Waals surface area (Å²) in [6.07, 6.45) is 1.91. The molecule has 2 aromatic heterocycles. The van der Waals surface area contributed by atoms with Crippen LogP contribution < -0.4 is 0 Å². The minimum atomic E-state index is -0.280. The van der Waals surface area contributed by atoms with E-state index in [1.807, 2.05) is 54.7 Å². The zero-order valence-corrected chi connectivity index (χ0v) is 12.5. The molecule has 2 aromatic carbocycles. The Bertz CT molecular complexity index is 996. The Kier molecular flexibility index (Phi) is 3.10. The van der Waals surface area contributed by atoms with Gasteiger partial charge in [0.1, 0.15) is 0 Å². The van der Waals surface area contributed by atoms with Crippen molar-refractivity contribution < 1.29 is 0 Å². The lowest BCUT2D eigenvalue weighted by molar-refractivity contribution is 1.05. The van der Waals surface area contributed by atoms with Crippen molar-refractivity contribution in [2.45, 2.75) is 5.92 Å². The van der Waals surface area contributed by atoms with E-state index >= 15 is 0 Å². The molecule has 0 saturated heterocycles. The molecule has 2 heterocycles. The lowest BCUT2D eigenvalue weighted by Gasteiger charge is -2.13. The number of hydrogen-bond acceptors (Lipinski definition) is 3. The summed E-state index contributed by atoms with van der Waals surface area (Å²) in [5, 5.41) is 14.1. The average molecular weight is 300 g/mol. The van der Waals surface area contributed by atoms with Crippen molar-refractivity contribution in [1.29, 1.82) is 5.26 Å². The van der Waals surface area contributed by atoms with Crippen LogP contribution in [-0.2, 0) is 0 Å². The zero-order chi connectivity index (χ0) is 14.9. The third-order valence-electron chi connectivity index (χ3n) is 3.93. The van der Waals surface area contributed by atoms with E-state index in [9.17, 15) is 5.26 Å². The molecule has 4 aromatic rings. The van der Waals surface area contributed by atoms with Gasteiger partial charge in [-0.1, -0.05) is 42.5 Å². The van der Waals surface area contributed by atoms with Gasteiger partial charge in [-0.15, -0.1) is 11.3 Å². The van der Waals surface area contributed by atoms with Crippen molar-refractivity contribution in [3.8, 4) is 6.07 Å². The van der Waals surface area contributed by atoms with Crippen LogP contribution in [0.2, 0.25) is 0 Å². The zero-order valence-electron chi connectivity index (χ0n) is 11.7. The molecule has 0 fully saturated rings. The van der Waals surface area contributed by atoms with E-state index in [0.717, 1.165) is 26.7 Å². The van der Waals surface area contributed by atoms with Crippen molar-refractivity contribution >= 4 is 32.3 Å². The van der Waals surface area contributed by atoms with E-state index in [1.165, 1.54) is 5.39 Å². The van der Waals surface area contributed by atoms with Crippen molar-refractivity contribution in [2.75, 3.05) is 0 Å². The summed E-state index contributed by atoms with van der Waals surface area (Å²) in [7, 11) is 0. The van der Waals surface area contributed by atoms with Crippen LogP contribution >= 0.6 is 11.3 Å². The summed E-state index contributed by atoms with van der Waals surface area (Å²) < 4.78 is 1.16. The fourth-order valence-corrected chi connectivity index (χ4v) is 3.69. The van der Waals surface area contributed by atoms with Gasteiger partial charge in [-0.3, -0.25) is 4.98 Å². The summed E-state index contributed by atoms with van der Waals surface area (Å²) in [5.41, 5.74) is 2.99. The van der Waals surface area contributed by atoms with Gasteiger partial charge in [-0.25, -0.2) is 0 Å². The van der Waals surface area contributed by atoms with Gasteiger partial charge < -0.3 is 0 Å². The highest BCUT2D eigenvalue weighted by Crippen LogP contribution is 2.35. The van der Waals surface area contributed by atoms with E-state index in [2.05, 4.69) is 22.5 Å². The molecular formula is C19H12N2S. The number of thiophene rings is 1. The molecule has 0 bridgehead atoms. The maximum atomic E-state index is 9.75. The molecule has 0 saturated carbocycles. The molecule has 104 valence electrons. The van der Waals surface area contributed by atoms with Crippen molar-refractivity contribution in [3.63, 3.8) is 0 Å². The first-order valence-electron chi connectivity index (χ1n) is 7.08. The van der Waals surface area contributed by atoms with Gasteiger partial charge >= 0.3 is 0 Å². The SMILES string of the molecule is N#CC(c1ccccc1)c1cccc2ncc3sccc3c12. The highest BCUT2D eigenvalue weighted by atomic mass is 32.1. The Balaban J connectivity index is 2.06. The highest BCUT2D eigenvalue weighted by molar-refractivity contribution is 7.17. The average Bonchev–Trinajstić information content (AvgIpc) is 3.05. The van der Waals surface area contributed by atoms with Crippen LogP contribution in [0.15, 0.2) is 66.2 Å². The van der Waals surface area contributed by atoms with E-state index < -0.39 is 0 Å². The maximum absolute atomic E-state index is 9.75. The molecule has 2 nitrogen and oxygen atoms in total. The summed E-state index contributed by atoms with van der Waals surface area (Å²) in [6, 6.07) is 20.6. The molecule has 0 aliphatic heterocycles. The largest absolute Gasteiger partial charge is 0.255 e. The molecule has 0 aliphatic rings. The Morgan fingerprint density at radius 1 is 1.00 bits per heavy atom. The Hall–Kier alpha value is -2.70. The van der Waals surface area contributed by atoms with E-state index in [0.29, 0.717) is 0 Å². The molecule has 0 spiro atoms. The van der Waals surface area contributed by atoms with Gasteiger partial charge in [0.25, 0.3) is 0 Å². The lowest BCUT2D eigenvalue weighted by Crippen LogP contribution is -1.99. The lowest BCUT2D eigenvalue weighted by atomic mass is 9.89. The first-order valence-corrected chi connectivity index (χ1v) is 7.96. The van der Waals surface area contributed by atoms with Gasteiger partial charge in [-0.2, -0.15) is 5.26 Å². The van der Waals surface area contributed by atoms with Gasteiger partial charge in [0.2, 0.25) is 0 Å². The van der Waals surface area contributed by atoms with Crippen LogP contribution in [0, 0.1) is 11.3 Å². The molecule has 1 unspecified atom stereocenters. The van der Waals surface area contributed by atoms with Crippen molar-refractivity contribution in [1.82, 2.24) is 4.98 Å². The molecule has 3 heteroatoms. The fourth-order valence-electron chi connectivity index (χ4n) is 2.92. The predicted molar refractivity (Wildman–Crippen MR) is 91.0 cm³/mol. The summed E-state index contributed by atoms with van der Waals surface area (Å²) >= 11 is 1.68. The smallest absolute Gasteiger partial charge is 0.0969 e. The number of benzene rings is 2. The number of hydrogen-bond donors (Lipinski definition) is 0. The van der Waals surface area contributed by atoms with Gasteiger partial charge in [0, 0.05) is 17.0 Å². The molecule has 0 amide bonds. The Morgan fingerprint density at radius 3 is 2.68 bits per heavy atom. The maximum Gasteiger partial charge on any atom is 0.0969 e. The summed E-state index contributed by atoms with van der Waals surface area (Å²) in [5.74, 6) is -0.280. The molecule has 22 heavy (non-hydrogen) atoms. The van der Waals surface area contributed by atoms with Crippen LogP contribution in [0.3, 0.4) is 0 Å². The van der Waals surface area contributed by atoms with Crippen LogP contribution in [-0.4, -0.2) is 4.98 Å². The standard InChI is InChI=1S/C19H12N2S/c20-11-16(13-5-2-1-3-6-13)14-7-4-8-17-19(14)15-9-10-22-18(15)12-21-17/h1-10,12,16H. The second-order valence-corrected chi connectivity index (χ2v) is 6.12. The van der Waals surface area contributed by atoms with E-state index in [-0.39, 0.29) is 5.92 Å². The van der Waals surface area contributed by atoms with Crippen LogP contribution in [0.1, 0.15) is 17.0 Å². The molecule has 0 radical (unpaired) electrons. The predicted octanol–water partition coefficient (Wildman–Crippen LogP) is 5.10. The molecular weight excluding hydrogens is 288 g/mol. The van der Waals surface area contributed by atoms with Crippen molar-refractivity contribution in [3.05, 3.63) is 77.3 Å². The van der Waals surface area contributed by atoms with Crippen molar-refractivity contribution in [2.24, 2.45) is 0 Å². The van der Waals surface area contributed by atoms with Gasteiger partial charge in [0.05, 0.1) is 22.2 Å². The fraction of sp³-hybridized carbons (Fsp3) is 0.0526. The van der Waals surface area contributed by atoms with Gasteiger partial charge in [-0.05, 0) is 28.6 Å². The second kappa shape index (κ2) is 5.25. The molecule has 0 N–H and O–H groups in total. The second-order valence-electron chi connectivity index (χ2n) is 5.17. The molecule has 0 aliphatic carbocycles. The van der Waals surface area contributed by atoms with Crippen LogP contribution in [0.5, 0.6) is 0 Å². The van der Waals surface area contributed by atoms with E-state index in [1.54, 1.807) is 11.3 Å². The van der Waals surface area contributed by atoms with Crippen LogP contribution in [0.25, 0.3) is 21.0 Å². The third-order valence-corrected chi connectivity index (χ3v) is 4.78. The minimum Gasteiger partial charge on any atom is -0.255 e. The highest BCUT2D eigenvalue weighted by Gasteiger charge is 2.18. The summed E-state index contributed by atoms with van der Waals surface area (Å²) in [6.45, 7) is 0. The topological polar surface area (TPSA) is 36.7 Å². The number of nitriles is 1. The normalized spacial score (nSPS) is 12.3. The number of fused-ring (bicyclic) bond motifs is 3. The third kappa shape index (κ3) is 1.97. The number of nitrogens with zero attached hydrogens (tertiary/aromatic N) is 2. The molecule has 1 atom stereocenters. The Morgan fingerprint density at radius 2 is 1.86 bits per heavy atom. The molecule has 4 rings (SSSR count). The van der Waals surface area contributed by atoms with Crippen LogP contribution in [0.4, 0.5) is 0 Å². The monoisotopic (exact) mass is 300 g/mol.